The first kappa shape index (κ1) is 12.0. The Labute approximate surface area is 108 Å². The van der Waals surface area contributed by atoms with E-state index in [4.69, 9.17) is 5.73 Å². The van der Waals surface area contributed by atoms with Crippen molar-refractivity contribution in [3.05, 3.63) is 22.7 Å². The minimum absolute atomic E-state index is 0.171. The van der Waals surface area contributed by atoms with E-state index in [9.17, 15) is 0 Å². The van der Waals surface area contributed by atoms with E-state index in [1.807, 2.05) is 39.0 Å². The van der Waals surface area contributed by atoms with E-state index in [1.165, 1.54) is 0 Å². The molecule has 0 radical (unpaired) electrons. The van der Waals surface area contributed by atoms with E-state index in [2.05, 4.69) is 31.5 Å². The lowest BCUT2D eigenvalue weighted by Gasteiger charge is -2.20. The fourth-order valence-corrected chi connectivity index (χ4v) is 2.07. The number of nitrogens with two attached hydrogens (primary N) is 1. The molecular weight excluding hydrogens is 282 g/mol. The van der Waals surface area contributed by atoms with Gasteiger partial charge in [0.05, 0.1) is 5.54 Å². The molecule has 5 nitrogen and oxygen atoms in total. The molecule has 0 bridgehead atoms. The molecule has 2 aromatic rings. The number of nitrogens with zero attached hydrogens (tertiary/aromatic N) is 4. The van der Waals surface area contributed by atoms with Gasteiger partial charge in [-0.3, -0.25) is 0 Å². The first-order valence-electron chi connectivity index (χ1n) is 5.23. The highest BCUT2D eigenvalue weighted by Crippen LogP contribution is 2.27. The molecule has 0 aliphatic carbocycles. The Morgan fingerprint density at radius 2 is 1.94 bits per heavy atom. The van der Waals surface area contributed by atoms with Crippen LogP contribution in [0, 0.1) is 0 Å². The van der Waals surface area contributed by atoms with Crippen LogP contribution in [0.5, 0.6) is 0 Å². The average molecular weight is 296 g/mol. The second-order valence-electron chi connectivity index (χ2n) is 4.86. The maximum Gasteiger partial charge on any atom is 0.182 e. The number of rotatable bonds is 1. The Morgan fingerprint density at radius 3 is 2.53 bits per heavy atom. The molecule has 1 aromatic carbocycles. The van der Waals surface area contributed by atoms with E-state index < -0.39 is 0 Å². The molecule has 90 valence electrons. The quantitative estimate of drug-likeness (QED) is 0.821. The largest absolute Gasteiger partial charge is 0.399 e. The molecule has 0 unspecified atom stereocenters. The fourth-order valence-electron chi connectivity index (χ4n) is 1.56. The number of nitrogen functional groups attached to an aromatic ring is 1. The molecule has 1 heterocycles. The van der Waals surface area contributed by atoms with E-state index in [1.54, 1.807) is 4.68 Å². The van der Waals surface area contributed by atoms with Crippen LogP contribution in [0.15, 0.2) is 22.7 Å². The monoisotopic (exact) mass is 295 g/mol. The highest BCUT2D eigenvalue weighted by Gasteiger charge is 2.20. The zero-order valence-electron chi connectivity index (χ0n) is 9.98. The molecule has 17 heavy (non-hydrogen) atoms. The summed E-state index contributed by atoms with van der Waals surface area (Å²) in [6, 6.07) is 5.65. The van der Waals surface area contributed by atoms with Crippen LogP contribution in [-0.2, 0) is 5.54 Å². The number of anilines is 1. The minimum atomic E-state index is -0.171. The molecule has 0 saturated heterocycles. The number of hydrogen-bond donors (Lipinski definition) is 1. The molecule has 0 amide bonds. The van der Waals surface area contributed by atoms with E-state index in [0.29, 0.717) is 11.5 Å². The van der Waals surface area contributed by atoms with Crippen LogP contribution in [0.1, 0.15) is 20.8 Å². The molecule has 0 aliphatic heterocycles. The molecule has 2 N–H and O–H groups in total. The predicted octanol–water partition coefficient (Wildman–Crippen LogP) is 2.44. The topological polar surface area (TPSA) is 69.6 Å². The molecule has 2 rings (SSSR count). The van der Waals surface area contributed by atoms with E-state index in [-0.39, 0.29) is 5.54 Å². The van der Waals surface area contributed by atoms with Gasteiger partial charge in [-0.25, -0.2) is 4.68 Å². The van der Waals surface area contributed by atoms with Gasteiger partial charge in [0, 0.05) is 15.7 Å². The Morgan fingerprint density at radius 1 is 1.24 bits per heavy atom. The highest BCUT2D eigenvalue weighted by atomic mass is 79.9. The van der Waals surface area contributed by atoms with Crippen LogP contribution in [0.3, 0.4) is 0 Å². The summed E-state index contributed by atoms with van der Waals surface area (Å²) in [5, 5.41) is 11.8. The first-order valence-corrected chi connectivity index (χ1v) is 6.02. The average Bonchev–Trinajstić information content (AvgIpc) is 2.63. The van der Waals surface area contributed by atoms with Crippen molar-refractivity contribution >= 4 is 21.6 Å². The van der Waals surface area contributed by atoms with Crippen molar-refractivity contribution in [1.29, 1.82) is 0 Å². The fraction of sp³-hybridized carbons (Fsp3) is 0.364. The molecular formula is C11H14BrN5. The van der Waals surface area contributed by atoms with Gasteiger partial charge in [0.2, 0.25) is 0 Å². The van der Waals surface area contributed by atoms with Gasteiger partial charge in [-0.1, -0.05) is 15.9 Å². The summed E-state index contributed by atoms with van der Waals surface area (Å²) in [5.41, 5.74) is 7.22. The van der Waals surface area contributed by atoms with Gasteiger partial charge in [-0.2, -0.15) is 0 Å². The predicted molar refractivity (Wildman–Crippen MR) is 70.4 cm³/mol. The van der Waals surface area contributed by atoms with E-state index in [0.717, 1.165) is 10.0 Å². The molecule has 0 spiro atoms. The number of aromatic nitrogens is 4. The molecule has 0 aliphatic rings. The van der Waals surface area contributed by atoms with Crippen LogP contribution in [0.4, 0.5) is 5.69 Å². The number of halogens is 1. The first-order chi connectivity index (χ1) is 7.88. The van der Waals surface area contributed by atoms with Crippen molar-refractivity contribution in [3.63, 3.8) is 0 Å². The third-order valence-electron chi connectivity index (χ3n) is 2.28. The van der Waals surface area contributed by atoms with E-state index >= 15 is 0 Å². The summed E-state index contributed by atoms with van der Waals surface area (Å²) in [4.78, 5) is 0. The van der Waals surface area contributed by atoms with Crippen molar-refractivity contribution < 1.29 is 0 Å². The highest BCUT2D eigenvalue weighted by molar-refractivity contribution is 9.10. The standard InChI is InChI=1S/C11H14BrN5/c1-11(2,3)17-10(14-15-16-17)7-4-8(12)6-9(13)5-7/h4-6H,13H2,1-3H3. The van der Waals surface area contributed by atoms with Gasteiger partial charge >= 0.3 is 0 Å². The van der Waals surface area contributed by atoms with Crippen LogP contribution in [0.25, 0.3) is 11.4 Å². The molecule has 0 saturated carbocycles. The Balaban J connectivity index is 2.57. The number of benzene rings is 1. The molecule has 1 aromatic heterocycles. The second kappa shape index (κ2) is 4.10. The minimum Gasteiger partial charge on any atom is -0.399 e. The zero-order valence-corrected chi connectivity index (χ0v) is 11.6. The van der Waals surface area contributed by atoms with Crippen molar-refractivity contribution in [2.24, 2.45) is 0 Å². The van der Waals surface area contributed by atoms with Crippen LogP contribution in [0.2, 0.25) is 0 Å². The summed E-state index contributed by atoms with van der Waals surface area (Å²) < 4.78 is 2.70. The van der Waals surface area contributed by atoms with Crippen molar-refractivity contribution in [3.8, 4) is 11.4 Å². The summed E-state index contributed by atoms with van der Waals surface area (Å²) in [7, 11) is 0. The lowest BCUT2D eigenvalue weighted by molar-refractivity contribution is 0.351. The second-order valence-corrected chi connectivity index (χ2v) is 5.77. The smallest absolute Gasteiger partial charge is 0.182 e. The van der Waals surface area contributed by atoms with Gasteiger partial charge in [0.15, 0.2) is 5.82 Å². The molecule has 6 heteroatoms. The van der Waals surface area contributed by atoms with Gasteiger partial charge in [-0.05, 0) is 49.4 Å². The summed E-state index contributed by atoms with van der Waals surface area (Å²) in [6.07, 6.45) is 0. The van der Waals surface area contributed by atoms with Gasteiger partial charge in [0.1, 0.15) is 0 Å². The summed E-state index contributed by atoms with van der Waals surface area (Å²) >= 11 is 3.42. The normalized spacial score (nSPS) is 11.8. The van der Waals surface area contributed by atoms with Crippen molar-refractivity contribution in [2.45, 2.75) is 26.3 Å². The Kier molecular flexibility index (Phi) is 2.91. The number of tetrazole rings is 1. The lowest BCUT2D eigenvalue weighted by Crippen LogP contribution is -2.24. The third kappa shape index (κ3) is 2.46. The van der Waals surface area contributed by atoms with Crippen molar-refractivity contribution in [2.75, 3.05) is 5.73 Å². The van der Waals surface area contributed by atoms with Crippen LogP contribution < -0.4 is 5.73 Å². The van der Waals surface area contributed by atoms with Gasteiger partial charge in [-0.15, -0.1) is 5.10 Å². The van der Waals surface area contributed by atoms with Gasteiger partial charge < -0.3 is 5.73 Å². The Hall–Kier alpha value is -1.43. The van der Waals surface area contributed by atoms with Crippen molar-refractivity contribution in [1.82, 2.24) is 20.2 Å². The SMILES string of the molecule is CC(C)(C)n1nnnc1-c1cc(N)cc(Br)c1. The van der Waals surface area contributed by atoms with Crippen LogP contribution >= 0.6 is 15.9 Å². The molecule has 0 atom stereocenters. The lowest BCUT2D eigenvalue weighted by atomic mass is 10.1. The summed E-state index contributed by atoms with van der Waals surface area (Å²) in [5.74, 6) is 0.713. The number of hydrogen-bond acceptors (Lipinski definition) is 4. The van der Waals surface area contributed by atoms with Gasteiger partial charge in [0.25, 0.3) is 0 Å². The molecule has 0 fully saturated rings. The third-order valence-corrected chi connectivity index (χ3v) is 2.74. The maximum atomic E-state index is 5.82. The maximum absolute atomic E-state index is 5.82. The zero-order chi connectivity index (χ0) is 12.6. The summed E-state index contributed by atoms with van der Waals surface area (Å²) in [6.45, 7) is 6.15. The van der Waals surface area contributed by atoms with Crippen LogP contribution in [-0.4, -0.2) is 20.2 Å². The Bertz CT molecular complexity index is 521.